The number of pyridine rings is 1. The number of likely N-dealkylation sites (tertiary alicyclic amines) is 1. The van der Waals surface area contributed by atoms with Crippen LogP contribution in [0.2, 0.25) is 0 Å². The first-order valence-corrected chi connectivity index (χ1v) is 13.6. The molecule has 1 aromatic carbocycles. The Morgan fingerprint density at radius 3 is 2.67 bits per heavy atom. The molecular formula is C30H40N6O3. The lowest BCUT2D eigenvalue weighted by Gasteiger charge is -2.28. The van der Waals surface area contributed by atoms with Crippen molar-refractivity contribution in [3.63, 3.8) is 0 Å². The Morgan fingerprint density at radius 1 is 1.21 bits per heavy atom. The van der Waals surface area contributed by atoms with E-state index in [0.29, 0.717) is 36.5 Å². The number of fused-ring (bicyclic) bond motifs is 1. The van der Waals surface area contributed by atoms with Crippen LogP contribution in [-0.4, -0.2) is 57.5 Å². The van der Waals surface area contributed by atoms with Gasteiger partial charge in [0.15, 0.2) is 0 Å². The topological polar surface area (TPSA) is 101 Å². The van der Waals surface area contributed by atoms with Crippen LogP contribution < -0.4 is 15.4 Å². The molecule has 2 N–H and O–H groups in total. The van der Waals surface area contributed by atoms with E-state index in [1.54, 1.807) is 12.1 Å². The lowest BCUT2D eigenvalue weighted by atomic mass is 9.88. The van der Waals surface area contributed by atoms with Gasteiger partial charge in [0.25, 0.3) is 5.91 Å². The molecule has 1 saturated heterocycles. The second-order valence-corrected chi connectivity index (χ2v) is 11.3. The highest BCUT2D eigenvalue weighted by Crippen LogP contribution is 2.32. The predicted molar refractivity (Wildman–Crippen MR) is 154 cm³/mol. The fraction of sp³-hybridized carbons (Fsp3) is 0.467. The quantitative estimate of drug-likeness (QED) is 0.398. The van der Waals surface area contributed by atoms with Gasteiger partial charge >= 0.3 is 0 Å². The second kappa shape index (κ2) is 12.0. The summed E-state index contributed by atoms with van der Waals surface area (Å²) >= 11 is 0. The van der Waals surface area contributed by atoms with E-state index >= 15 is 0 Å². The van der Waals surface area contributed by atoms with Gasteiger partial charge in [0.2, 0.25) is 17.7 Å². The maximum absolute atomic E-state index is 13.2. The van der Waals surface area contributed by atoms with Crippen molar-refractivity contribution in [2.45, 2.75) is 65.6 Å². The summed E-state index contributed by atoms with van der Waals surface area (Å²) in [5, 5.41) is 6.64. The van der Waals surface area contributed by atoms with E-state index in [1.807, 2.05) is 4.90 Å². The molecule has 0 saturated carbocycles. The number of nitrogens with zero attached hydrogens (tertiary/aromatic N) is 4. The van der Waals surface area contributed by atoms with E-state index in [4.69, 9.17) is 9.72 Å². The lowest BCUT2D eigenvalue weighted by Crippen LogP contribution is -2.37. The molecule has 2 amide bonds. The van der Waals surface area contributed by atoms with Crippen molar-refractivity contribution in [2.75, 3.05) is 25.5 Å². The molecule has 9 heteroatoms. The van der Waals surface area contributed by atoms with Gasteiger partial charge < -0.3 is 19.5 Å². The van der Waals surface area contributed by atoms with Crippen LogP contribution in [0.15, 0.2) is 49.2 Å². The maximum atomic E-state index is 13.2. The van der Waals surface area contributed by atoms with Gasteiger partial charge in [-0.2, -0.15) is 0 Å². The summed E-state index contributed by atoms with van der Waals surface area (Å²) < 4.78 is 7.24. The van der Waals surface area contributed by atoms with Crippen LogP contribution >= 0.6 is 0 Å². The van der Waals surface area contributed by atoms with Gasteiger partial charge in [0, 0.05) is 44.0 Å². The van der Waals surface area contributed by atoms with E-state index in [2.05, 4.69) is 72.7 Å². The highest BCUT2D eigenvalue weighted by atomic mass is 16.5. The summed E-state index contributed by atoms with van der Waals surface area (Å²) in [6.07, 6.45) is 5.34. The third-order valence-electron chi connectivity index (χ3n) is 7.65. The maximum Gasteiger partial charge on any atom is 0.259 e. The van der Waals surface area contributed by atoms with Gasteiger partial charge in [-0.05, 0) is 61.4 Å². The molecule has 1 fully saturated rings. The minimum absolute atomic E-state index is 0.0479. The average Bonchev–Trinajstić information content (AvgIpc) is 3.09. The number of anilines is 1. The number of hydrogen-bond acceptors (Lipinski definition) is 6. The zero-order valence-electron chi connectivity index (χ0n) is 23.7. The van der Waals surface area contributed by atoms with E-state index < -0.39 is 0 Å². The first kappa shape index (κ1) is 28.3. The fourth-order valence-corrected chi connectivity index (χ4v) is 4.78. The first-order chi connectivity index (χ1) is 18.6. The molecule has 0 spiro atoms. The molecule has 9 nitrogen and oxygen atoms in total. The number of carbonyl (C=O) groups excluding carboxylic acids is 2. The standard InChI is InChI=1S/C30H40N6O3/c1-7-27(37)35-15-8-9-23(14-16-35)36-25-12-10-21(18-31-20(2)30(3,4)5)17-24(25)33-29(36)34-28(38)22-11-13-26(39-6)32-19-22/h7,10-13,17,19-20,23,31H,1,8-9,14-16,18H2,2-6H3,(H,33,34,38)/t20-,23+/m0/s1. The zero-order valence-corrected chi connectivity index (χ0v) is 23.7. The van der Waals surface area contributed by atoms with Gasteiger partial charge in [-0.3, -0.25) is 14.9 Å². The van der Waals surface area contributed by atoms with Gasteiger partial charge in [0.1, 0.15) is 0 Å². The van der Waals surface area contributed by atoms with Crippen molar-refractivity contribution in [3.05, 3.63) is 60.3 Å². The van der Waals surface area contributed by atoms with Gasteiger partial charge in [-0.15, -0.1) is 0 Å². The number of imidazole rings is 1. The normalized spacial score (nSPS) is 16.9. The number of benzene rings is 1. The van der Waals surface area contributed by atoms with Crippen LogP contribution in [0, 0.1) is 5.41 Å². The Bertz CT molecular complexity index is 1320. The van der Waals surface area contributed by atoms with E-state index in [9.17, 15) is 9.59 Å². The molecule has 2 aromatic heterocycles. The molecule has 0 bridgehead atoms. The fourth-order valence-electron chi connectivity index (χ4n) is 4.78. The summed E-state index contributed by atoms with van der Waals surface area (Å²) in [4.78, 5) is 36.3. The second-order valence-electron chi connectivity index (χ2n) is 11.3. The molecule has 0 unspecified atom stereocenters. The number of carbonyl (C=O) groups is 2. The van der Waals surface area contributed by atoms with Crippen molar-refractivity contribution in [1.82, 2.24) is 24.8 Å². The summed E-state index contributed by atoms with van der Waals surface area (Å²) in [5.41, 5.74) is 3.48. The molecule has 0 radical (unpaired) electrons. The molecule has 0 aliphatic carbocycles. The number of methoxy groups -OCH3 is 1. The van der Waals surface area contributed by atoms with E-state index in [0.717, 1.165) is 42.4 Å². The predicted octanol–water partition coefficient (Wildman–Crippen LogP) is 4.96. The summed E-state index contributed by atoms with van der Waals surface area (Å²) in [5.74, 6) is 0.596. The average molecular weight is 533 g/mol. The number of ether oxygens (including phenoxy) is 1. The molecule has 2 atom stereocenters. The van der Waals surface area contributed by atoms with Crippen LogP contribution in [0.3, 0.4) is 0 Å². The third-order valence-corrected chi connectivity index (χ3v) is 7.65. The number of amides is 2. The van der Waals surface area contributed by atoms with Crippen LogP contribution in [0.4, 0.5) is 5.95 Å². The first-order valence-electron chi connectivity index (χ1n) is 13.6. The van der Waals surface area contributed by atoms with Gasteiger partial charge in [-0.25, -0.2) is 9.97 Å². The monoisotopic (exact) mass is 532 g/mol. The Balaban J connectivity index is 1.65. The molecule has 3 heterocycles. The van der Waals surface area contributed by atoms with Crippen LogP contribution in [0.5, 0.6) is 5.88 Å². The van der Waals surface area contributed by atoms with E-state index in [-0.39, 0.29) is 23.3 Å². The van der Waals surface area contributed by atoms with Gasteiger partial charge in [-0.1, -0.05) is 33.4 Å². The molecule has 4 rings (SSSR count). The molecule has 39 heavy (non-hydrogen) atoms. The molecule has 3 aromatic rings. The Labute approximate surface area is 230 Å². The third kappa shape index (κ3) is 6.65. The molecule has 1 aliphatic heterocycles. The smallest absolute Gasteiger partial charge is 0.259 e. The van der Waals surface area contributed by atoms with E-state index in [1.165, 1.54) is 19.4 Å². The molecule has 1 aliphatic rings. The van der Waals surface area contributed by atoms with Crippen LogP contribution in [0.1, 0.15) is 68.9 Å². The van der Waals surface area contributed by atoms with Crippen molar-refractivity contribution >= 4 is 28.8 Å². The van der Waals surface area contributed by atoms with Crippen molar-refractivity contribution in [2.24, 2.45) is 5.41 Å². The zero-order chi connectivity index (χ0) is 28.2. The number of nitrogens with one attached hydrogen (secondary N) is 2. The SMILES string of the molecule is C=CC(=O)N1CCC[C@@H](n2c(NC(=O)c3ccc(OC)nc3)nc3cc(CN[C@@H](C)C(C)(C)C)ccc32)CC1. The number of hydrogen-bond donors (Lipinski definition) is 2. The van der Waals surface area contributed by atoms with Gasteiger partial charge in [0.05, 0.1) is 23.7 Å². The van der Waals surface area contributed by atoms with Crippen molar-refractivity contribution < 1.29 is 14.3 Å². The highest BCUT2D eigenvalue weighted by Gasteiger charge is 2.26. The number of aromatic nitrogens is 3. The minimum Gasteiger partial charge on any atom is -0.481 e. The van der Waals surface area contributed by atoms with Crippen LogP contribution in [0.25, 0.3) is 11.0 Å². The molecular weight excluding hydrogens is 492 g/mol. The summed E-state index contributed by atoms with van der Waals surface area (Å²) in [7, 11) is 1.54. The number of rotatable bonds is 8. The Hall–Kier alpha value is -3.72. The largest absolute Gasteiger partial charge is 0.481 e. The Kier molecular flexibility index (Phi) is 8.70. The van der Waals surface area contributed by atoms with Crippen LogP contribution in [-0.2, 0) is 11.3 Å². The van der Waals surface area contributed by atoms with Crippen molar-refractivity contribution in [1.29, 1.82) is 0 Å². The minimum atomic E-state index is -0.292. The summed E-state index contributed by atoms with van der Waals surface area (Å²) in [6, 6.07) is 10.0. The molecule has 208 valence electrons. The highest BCUT2D eigenvalue weighted by molar-refractivity contribution is 6.04. The van der Waals surface area contributed by atoms with Crippen molar-refractivity contribution in [3.8, 4) is 5.88 Å². The summed E-state index contributed by atoms with van der Waals surface area (Å²) in [6.45, 7) is 14.5. The Morgan fingerprint density at radius 2 is 2.00 bits per heavy atom. The lowest BCUT2D eigenvalue weighted by molar-refractivity contribution is -0.125.